The van der Waals surface area contributed by atoms with Gasteiger partial charge in [-0.25, -0.2) is 8.78 Å². The van der Waals surface area contributed by atoms with E-state index in [2.05, 4.69) is 10.5 Å². The SMILES string of the molecule is Cc1noc(C)c1NC(=O)COc1ccc(F)cc1F. The molecule has 0 aliphatic heterocycles. The van der Waals surface area contributed by atoms with Crippen LogP contribution in [0.15, 0.2) is 22.7 Å². The van der Waals surface area contributed by atoms with Crippen LogP contribution in [-0.4, -0.2) is 17.7 Å². The minimum atomic E-state index is -0.866. The summed E-state index contributed by atoms with van der Waals surface area (Å²) < 4.78 is 35.8. The first-order chi connectivity index (χ1) is 9.47. The van der Waals surface area contributed by atoms with Crippen molar-refractivity contribution in [3.8, 4) is 5.75 Å². The summed E-state index contributed by atoms with van der Waals surface area (Å²) in [5.41, 5.74) is 0.988. The average molecular weight is 282 g/mol. The van der Waals surface area contributed by atoms with Gasteiger partial charge < -0.3 is 14.6 Å². The van der Waals surface area contributed by atoms with Gasteiger partial charge in [-0.2, -0.15) is 0 Å². The molecule has 0 saturated carbocycles. The van der Waals surface area contributed by atoms with Crippen LogP contribution in [0.4, 0.5) is 14.5 Å². The Morgan fingerprint density at radius 1 is 1.40 bits per heavy atom. The van der Waals surface area contributed by atoms with E-state index in [4.69, 9.17) is 9.26 Å². The van der Waals surface area contributed by atoms with Crippen LogP contribution < -0.4 is 10.1 Å². The fraction of sp³-hybridized carbons (Fsp3) is 0.231. The molecule has 0 bridgehead atoms. The van der Waals surface area contributed by atoms with Crippen LogP contribution >= 0.6 is 0 Å². The molecule has 1 N–H and O–H groups in total. The van der Waals surface area contributed by atoms with Crippen molar-refractivity contribution < 1.29 is 22.8 Å². The number of aryl methyl sites for hydroxylation is 2. The van der Waals surface area contributed by atoms with Gasteiger partial charge in [-0.15, -0.1) is 0 Å². The molecule has 1 aromatic heterocycles. The highest BCUT2D eigenvalue weighted by Gasteiger charge is 2.13. The Kier molecular flexibility index (Phi) is 3.97. The van der Waals surface area contributed by atoms with E-state index in [1.165, 1.54) is 0 Å². The van der Waals surface area contributed by atoms with Crippen LogP contribution in [0, 0.1) is 25.5 Å². The summed E-state index contributed by atoms with van der Waals surface area (Å²) in [4.78, 5) is 11.7. The van der Waals surface area contributed by atoms with Crippen molar-refractivity contribution in [3.05, 3.63) is 41.3 Å². The van der Waals surface area contributed by atoms with E-state index in [-0.39, 0.29) is 5.75 Å². The van der Waals surface area contributed by atoms with Crippen molar-refractivity contribution in [2.24, 2.45) is 0 Å². The average Bonchev–Trinajstić information content (AvgIpc) is 2.69. The zero-order valence-electron chi connectivity index (χ0n) is 10.9. The first kappa shape index (κ1) is 14.0. The third-order valence-electron chi connectivity index (χ3n) is 2.55. The molecule has 2 rings (SSSR count). The van der Waals surface area contributed by atoms with Gasteiger partial charge >= 0.3 is 0 Å². The molecular weight excluding hydrogens is 270 g/mol. The second-order valence-corrected chi connectivity index (χ2v) is 4.11. The summed E-state index contributed by atoms with van der Waals surface area (Å²) in [7, 11) is 0. The van der Waals surface area contributed by atoms with Gasteiger partial charge in [-0.3, -0.25) is 4.79 Å². The van der Waals surface area contributed by atoms with Gasteiger partial charge in [0.2, 0.25) is 0 Å². The lowest BCUT2D eigenvalue weighted by atomic mass is 10.3. The lowest BCUT2D eigenvalue weighted by Gasteiger charge is -2.07. The highest BCUT2D eigenvalue weighted by Crippen LogP contribution is 2.19. The van der Waals surface area contributed by atoms with Gasteiger partial charge in [0.15, 0.2) is 23.9 Å². The van der Waals surface area contributed by atoms with Crippen LogP contribution in [-0.2, 0) is 4.79 Å². The molecule has 1 amide bonds. The Morgan fingerprint density at radius 2 is 2.15 bits per heavy atom. The van der Waals surface area contributed by atoms with Gasteiger partial charge in [0.25, 0.3) is 5.91 Å². The van der Waals surface area contributed by atoms with E-state index in [1.807, 2.05) is 0 Å². The summed E-state index contributed by atoms with van der Waals surface area (Å²) in [6.07, 6.45) is 0. The molecule has 0 radical (unpaired) electrons. The van der Waals surface area contributed by atoms with Crippen LogP contribution in [0.3, 0.4) is 0 Å². The van der Waals surface area contributed by atoms with Gasteiger partial charge in [0, 0.05) is 6.07 Å². The zero-order valence-corrected chi connectivity index (χ0v) is 10.9. The molecule has 0 unspecified atom stereocenters. The first-order valence-corrected chi connectivity index (χ1v) is 5.78. The fourth-order valence-electron chi connectivity index (χ4n) is 1.57. The third kappa shape index (κ3) is 3.11. The van der Waals surface area contributed by atoms with Crippen molar-refractivity contribution in [3.63, 3.8) is 0 Å². The van der Waals surface area contributed by atoms with E-state index < -0.39 is 24.1 Å². The first-order valence-electron chi connectivity index (χ1n) is 5.78. The molecule has 0 atom stereocenters. The summed E-state index contributed by atoms with van der Waals surface area (Å²) >= 11 is 0. The molecule has 1 heterocycles. The molecule has 106 valence electrons. The number of amides is 1. The molecule has 0 aliphatic rings. The van der Waals surface area contributed by atoms with Gasteiger partial charge in [-0.05, 0) is 26.0 Å². The van der Waals surface area contributed by atoms with Gasteiger partial charge in [0.05, 0.1) is 0 Å². The number of hydrogen-bond donors (Lipinski definition) is 1. The molecule has 5 nitrogen and oxygen atoms in total. The van der Waals surface area contributed by atoms with Gasteiger partial charge in [0.1, 0.15) is 17.2 Å². The number of anilines is 1. The van der Waals surface area contributed by atoms with E-state index in [9.17, 15) is 13.6 Å². The Morgan fingerprint density at radius 3 is 2.75 bits per heavy atom. The molecule has 20 heavy (non-hydrogen) atoms. The highest BCUT2D eigenvalue weighted by molar-refractivity contribution is 5.92. The normalized spacial score (nSPS) is 10.4. The van der Waals surface area contributed by atoms with Crippen LogP contribution in [0.1, 0.15) is 11.5 Å². The zero-order chi connectivity index (χ0) is 14.7. The van der Waals surface area contributed by atoms with Crippen molar-refractivity contribution in [1.29, 1.82) is 0 Å². The lowest BCUT2D eigenvalue weighted by Crippen LogP contribution is -2.21. The topological polar surface area (TPSA) is 64.4 Å². The van der Waals surface area contributed by atoms with Crippen LogP contribution in [0.5, 0.6) is 5.75 Å². The predicted octanol–water partition coefficient (Wildman–Crippen LogP) is 2.59. The Hall–Kier alpha value is -2.44. The Labute approximate surface area is 113 Å². The van der Waals surface area contributed by atoms with Crippen LogP contribution in [0.2, 0.25) is 0 Å². The monoisotopic (exact) mass is 282 g/mol. The number of ether oxygens (including phenoxy) is 1. The number of carbonyl (C=O) groups excluding carboxylic acids is 1. The second kappa shape index (κ2) is 5.68. The summed E-state index contributed by atoms with van der Waals surface area (Å²) in [5, 5.41) is 6.22. The largest absolute Gasteiger partial charge is 0.481 e. The van der Waals surface area contributed by atoms with Crippen molar-refractivity contribution in [2.75, 3.05) is 11.9 Å². The minimum absolute atomic E-state index is 0.194. The minimum Gasteiger partial charge on any atom is -0.481 e. The van der Waals surface area contributed by atoms with Gasteiger partial charge in [-0.1, -0.05) is 5.16 Å². The quantitative estimate of drug-likeness (QED) is 0.936. The molecular formula is C13H12F2N2O3. The molecule has 7 heteroatoms. The number of benzene rings is 1. The summed E-state index contributed by atoms with van der Waals surface area (Å²) in [6, 6.07) is 2.85. The smallest absolute Gasteiger partial charge is 0.262 e. The number of hydrogen-bond acceptors (Lipinski definition) is 4. The second-order valence-electron chi connectivity index (χ2n) is 4.11. The number of carbonyl (C=O) groups is 1. The number of aromatic nitrogens is 1. The molecule has 0 saturated heterocycles. The van der Waals surface area contributed by atoms with Crippen LogP contribution in [0.25, 0.3) is 0 Å². The summed E-state index contributed by atoms with van der Waals surface area (Å²) in [6.45, 7) is 2.91. The number of nitrogens with zero attached hydrogens (tertiary/aromatic N) is 1. The van der Waals surface area contributed by atoms with Crippen molar-refractivity contribution >= 4 is 11.6 Å². The number of nitrogens with one attached hydrogen (secondary N) is 1. The third-order valence-corrected chi connectivity index (χ3v) is 2.55. The maximum atomic E-state index is 13.3. The number of halogens is 2. The van der Waals surface area contributed by atoms with E-state index in [0.29, 0.717) is 23.2 Å². The fourth-order valence-corrected chi connectivity index (χ4v) is 1.57. The van der Waals surface area contributed by atoms with Crippen molar-refractivity contribution in [2.45, 2.75) is 13.8 Å². The van der Waals surface area contributed by atoms with E-state index in [1.54, 1.807) is 13.8 Å². The highest BCUT2D eigenvalue weighted by atomic mass is 19.1. The van der Waals surface area contributed by atoms with Crippen molar-refractivity contribution in [1.82, 2.24) is 5.16 Å². The molecule has 0 aliphatic carbocycles. The molecule has 2 aromatic rings. The maximum Gasteiger partial charge on any atom is 0.262 e. The lowest BCUT2D eigenvalue weighted by molar-refractivity contribution is -0.118. The number of rotatable bonds is 4. The maximum absolute atomic E-state index is 13.3. The molecule has 0 fully saturated rings. The molecule has 1 aromatic carbocycles. The predicted molar refractivity (Wildman–Crippen MR) is 66.5 cm³/mol. The summed E-state index contributed by atoms with van der Waals surface area (Å²) in [5.74, 6) is -1.81. The standard InChI is InChI=1S/C13H12F2N2O3/c1-7-13(8(2)20-17-7)16-12(18)6-19-11-4-3-9(14)5-10(11)15/h3-5H,6H2,1-2H3,(H,16,18). The van der Waals surface area contributed by atoms with E-state index >= 15 is 0 Å². The molecule has 0 spiro atoms. The Bertz CT molecular complexity index is 621. The Balaban J connectivity index is 1.96. The van der Waals surface area contributed by atoms with E-state index in [0.717, 1.165) is 12.1 Å².